The summed E-state index contributed by atoms with van der Waals surface area (Å²) >= 11 is -0.613. The third-order valence-corrected chi connectivity index (χ3v) is 6.10. The normalized spacial score (nSPS) is 9.14. The maximum atomic E-state index is 2.24. The van der Waals surface area contributed by atoms with E-state index in [2.05, 4.69) is 60.7 Å². The molecular weight excluding hydrogens is 369 g/mol. The quantitative estimate of drug-likeness (QED) is 0.680. The van der Waals surface area contributed by atoms with Crippen LogP contribution in [0.2, 0.25) is 0 Å². The van der Waals surface area contributed by atoms with Gasteiger partial charge in [-0.1, -0.05) is 0 Å². The summed E-state index contributed by atoms with van der Waals surface area (Å²) in [7, 11) is 0. The molecule has 14 heavy (non-hydrogen) atoms. The Kier molecular flexibility index (Phi) is 4.78. The van der Waals surface area contributed by atoms with Crippen LogP contribution in [0.25, 0.3) is 0 Å². The molecule has 0 saturated carbocycles. The van der Waals surface area contributed by atoms with Crippen molar-refractivity contribution in [1.82, 2.24) is 0 Å². The van der Waals surface area contributed by atoms with Crippen LogP contribution in [0, 0.1) is 0 Å². The predicted molar refractivity (Wildman–Crippen MR) is 61.5 cm³/mol. The number of benzene rings is 2. The van der Waals surface area contributed by atoms with Gasteiger partial charge in [0.05, 0.1) is 0 Å². The molecule has 2 rings (SSSR count). The Hall–Kier alpha value is -0.717. The summed E-state index contributed by atoms with van der Waals surface area (Å²) in [6, 6.07) is 21.6. The van der Waals surface area contributed by atoms with Crippen molar-refractivity contribution in [1.29, 1.82) is 0 Å². The zero-order chi connectivity index (χ0) is 8.93. The second-order valence-electron chi connectivity index (χ2n) is 2.78. The number of hydrogen-bond acceptors (Lipinski definition) is 0. The summed E-state index contributed by atoms with van der Waals surface area (Å²) < 4.78 is 3.10. The first-order chi connectivity index (χ1) is 6.45. The SMILES string of the molecule is O.c1cc[c]([Bi][c]2ccccc2)cc1. The van der Waals surface area contributed by atoms with Crippen LogP contribution in [-0.4, -0.2) is 28.7 Å². The minimum atomic E-state index is -0.613. The van der Waals surface area contributed by atoms with Crippen molar-refractivity contribution in [2.24, 2.45) is 0 Å². The fourth-order valence-corrected chi connectivity index (χ4v) is 4.81. The average molecular weight is 381 g/mol. The van der Waals surface area contributed by atoms with Crippen LogP contribution >= 0.6 is 0 Å². The Morgan fingerprint density at radius 3 is 1.29 bits per heavy atom. The number of hydrogen-bond donors (Lipinski definition) is 0. The standard InChI is InChI=1S/2C6H5.Bi.H2O/c2*1-2-4-6-5-3-1;;/h2*1-5H;;1H2. The molecule has 0 aliphatic heterocycles. The van der Waals surface area contributed by atoms with Crippen LogP contribution in [-0.2, 0) is 0 Å². The van der Waals surface area contributed by atoms with E-state index in [1.165, 1.54) is 0 Å². The van der Waals surface area contributed by atoms with E-state index in [0.29, 0.717) is 0 Å². The van der Waals surface area contributed by atoms with Crippen molar-refractivity contribution in [3.63, 3.8) is 0 Å². The van der Waals surface area contributed by atoms with Crippen LogP contribution < -0.4 is 6.54 Å². The summed E-state index contributed by atoms with van der Waals surface area (Å²) in [5.74, 6) is 0. The molecule has 0 atom stereocenters. The molecule has 0 fully saturated rings. The third kappa shape index (κ3) is 3.21. The van der Waals surface area contributed by atoms with Gasteiger partial charge in [0.1, 0.15) is 0 Å². The summed E-state index contributed by atoms with van der Waals surface area (Å²) in [4.78, 5) is 0. The van der Waals surface area contributed by atoms with Gasteiger partial charge in [0, 0.05) is 0 Å². The van der Waals surface area contributed by atoms with Crippen LogP contribution in [0.15, 0.2) is 60.7 Å². The molecule has 0 heterocycles. The molecule has 71 valence electrons. The molecule has 1 radical (unpaired) electrons. The van der Waals surface area contributed by atoms with Crippen molar-refractivity contribution in [3.8, 4) is 0 Å². The van der Waals surface area contributed by atoms with E-state index in [0.717, 1.165) is 0 Å². The molecule has 0 spiro atoms. The number of rotatable bonds is 2. The van der Waals surface area contributed by atoms with Gasteiger partial charge in [-0.05, 0) is 0 Å². The van der Waals surface area contributed by atoms with Gasteiger partial charge in [0.2, 0.25) is 0 Å². The zero-order valence-corrected chi connectivity index (χ0v) is 11.2. The first kappa shape index (κ1) is 11.4. The Labute approximate surface area is 95.7 Å². The van der Waals surface area contributed by atoms with Crippen molar-refractivity contribution in [2.45, 2.75) is 0 Å². The van der Waals surface area contributed by atoms with Crippen molar-refractivity contribution >= 4 is 29.8 Å². The second kappa shape index (κ2) is 5.90. The Bertz CT molecular complexity index is 321. The first-order valence-electron chi connectivity index (χ1n) is 4.27. The third-order valence-electron chi connectivity index (χ3n) is 1.77. The van der Waals surface area contributed by atoms with E-state index in [9.17, 15) is 0 Å². The molecular formula is C12H12BiO. The summed E-state index contributed by atoms with van der Waals surface area (Å²) in [5.41, 5.74) is 0. The molecule has 2 heteroatoms. The van der Waals surface area contributed by atoms with Crippen LogP contribution in [0.4, 0.5) is 0 Å². The molecule has 0 bridgehead atoms. The Morgan fingerprint density at radius 1 is 0.571 bits per heavy atom. The van der Waals surface area contributed by atoms with Gasteiger partial charge < -0.3 is 5.48 Å². The fraction of sp³-hybridized carbons (Fsp3) is 0. The van der Waals surface area contributed by atoms with E-state index < -0.39 is 23.2 Å². The average Bonchev–Trinajstić information content (AvgIpc) is 2.21. The first-order valence-corrected chi connectivity index (χ1v) is 7.75. The molecule has 0 unspecified atom stereocenters. The second-order valence-corrected chi connectivity index (χ2v) is 7.67. The van der Waals surface area contributed by atoms with E-state index >= 15 is 0 Å². The van der Waals surface area contributed by atoms with Gasteiger partial charge in [0.25, 0.3) is 0 Å². The van der Waals surface area contributed by atoms with Crippen molar-refractivity contribution in [2.75, 3.05) is 0 Å². The summed E-state index contributed by atoms with van der Waals surface area (Å²) in [6.45, 7) is 0. The van der Waals surface area contributed by atoms with Crippen LogP contribution in [0.1, 0.15) is 0 Å². The van der Waals surface area contributed by atoms with E-state index in [4.69, 9.17) is 0 Å². The molecule has 2 N–H and O–H groups in total. The summed E-state index contributed by atoms with van der Waals surface area (Å²) in [5, 5.41) is 0. The van der Waals surface area contributed by atoms with E-state index in [-0.39, 0.29) is 5.48 Å². The maximum absolute atomic E-state index is 2.24. The predicted octanol–water partition coefficient (Wildman–Crippen LogP) is 0.517. The van der Waals surface area contributed by atoms with Gasteiger partial charge in [-0.15, -0.1) is 0 Å². The molecule has 2 aromatic carbocycles. The molecule has 0 amide bonds. The molecule has 2 aromatic rings. The van der Waals surface area contributed by atoms with Crippen molar-refractivity contribution in [3.05, 3.63) is 60.7 Å². The minimum absolute atomic E-state index is 0. The van der Waals surface area contributed by atoms with E-state index in [1.807, 2.05) is 0 Å². The molecule has 0 saturated heterocycles. The summed E-state index contributed by atoms with van der Waals surface area (Å²) in [6.07, 6.45) is 0. The zero-order valence-electron chi connectivity index (χ0n) is 7.72. The molecule has 0 aliphatic carbocycles. The van der Waals surface area contributed by atoms with Gasteiger partial charge >= 0.3 is 90.4 Å². The van der Waals surface area contributed by atoms with Crippen molar-refractivity contribution < 1.29 is 5.48 Å². The molecule has 1 nitrogen and oxygen atoms in total. The van der Waals surface area contributed by atoms with E-state index in [1.54, 1.807) is 6.54 Å². The van der Waals surface area contributed by atoms with Crippen LogP contribution in [0.3, 0.4) is 0 Å². The molecule has 0 aliphatic rings. The Balaban J connectivity index is 0.000000980. The monoisotopic (exact) mass is 381 g/mol. The van der Waals surface area contributed by atoms with Crippen LogP contribution in [0.5, 0.6) is 0 Å². The van der Waals surface area contributed by atoms with Gasteiger partial charge in [0.15, 0.2) is 0 Å². The Morgan fingerprint density at radius 2 is 0.929 bits per heavy atom. The van der Waals surface area contributed by atoms with Gasteiger partial charge in [-0.3, -0.25) is 0 Å². The molecule has 0 aromatic heterocycles. The van der Waals surface area contributed by atoms with Gasteiger partial charge in [-0.25, -0.2) is 0 Å². The fourth-order valence-electron chi connectivity index (χ4n) is 1.15. The van der Waals surface area contributed by atoms with Gasteiger partial charge in [-0.2, -0.15) is 0 Å². The topological polar surface area (TPSA) is 31.5 Å².